The molecule has 5 rings (SSSR count). The Bertz CT molecular complexity index is 1260. The Labute approximate surface area is 164 Å². The number of amides is 1. The van der Waals surface area contributed by atoms with Crippen molar-refractivity contribution >= 4 is 33.9 Å². The van der Waals surface area contributed by atoms with Gasteiger partial charge in [0.1, 0.15) is 10.9 Å². The van der Waals surface area contributed by atoms with Gasteiger partial charge in [0.15, 0.2) is 11.5 Å². The van der Waals surface area contributed by atoms with Gasteiger partial charge in [-0.2, -0.15) is 0 Å². The molecule has 1 amide bonds. The maximum absolute atomic E-state index is 11.9. The van der Waals surface area contributed by atoms with Gasteiger partial charge in [0, 0.05) is 28.7 Å². The van der Waals surface area contributed by atoms with Gasteiger partial charge >= 0.3 is 0 Å². The molecule has 0 saturated heterocycles. The molecule has 0 aliphatic heterocycles. The van der Waals surface area contributed by atoms with Crippen LogP contribution in [0.1, 0.15) is 18.5 Å². The highest BCUT2D eigenvalue weighted by Gasteiger charge is 2.51. The number of hydrogen-bond donors (Lipinski definition) is 1. The van der Waals surface area contributed by atoms with E-state index < -0.39 is 5.41 Å². The van der Waals surface area contributed by atoms with Crippen molar-refractivity contribution in [3.63, 3.8) is 0 Å². The van der Waals surface area contributed by atoms with Crippen LogP contribution in [0.2, 0.25) is 5.15 Å². The van der Waals surface area contributed by atoms with Crippen molar-refractivity contribution in [2.24, 2.45) is 5.73 Å². The van der Waals surface area contributed by atoms with E-state index in [2.05, 4.69) is 20.1 Å². The monoisotopic (exact) mass is 394 g/mol. The van der Waals surface area contributed by atoms with E-state index in [0.29, 0.717) is 51.9 Å². The molecule has 2 N–H and O–H groups in total. The predicted molar refractivity (Wildman–Crippen MR) is 103 cm³/mol. The Balaban J connectivity index is 1.73. The number of aromatic nitrogens is 5. The largest absolute Gasteiger partial charge is 0.495 e. The fraction of sp³-hybridized carbons (Fsp3) is 0.211. The lowest BCUT2D eigenvalue weighted by molar-refractivity contribution is -0.120. The Kier molecular flexibility index (Phi) is 3.54. The lowest BCUT2D eigenvalue weighted by Gasteiger charge is -2.12. The van der Waals surface area contributed by atoms with Crippen molar-refractivity contribution in [1.29, 1.82) is 0 Å². The average Bonchev–Trinajstić information content (AvgIpc) is 3.42. The van der Waals surface area contributed by atoms with Crippen LogP contribution in [0.4, 0.5) is 0 Å². The zero-order chi connectivity index (χ0) is 19.5. The van der Waals surface area contributed by atoms with Crippen LogP contribution in [-0.2, 0) is 10.2 Å². The summed E-state index contributed by atoms with van der Waals surface area (Å²) in [5, 5.41) is 6.31. The minimum atomic E-state index is -0.694. The molecule has 1 fully saturated rings. The van der Waals surface area contributed by atoms with Crippen LogP contribution in [0.25, 0.3) is 27.8 Å². The fourth-order valence-corrected chi connectivity index (χ4v) is 3.60. The first kappa shape index (κ1) is 16.9. The van der Waals surface area contributed by atoms with Gasteiger partial charge in [-0.25, -0.2) is 14.5 Å². The molecule has 0 aromatic carbocycles. The van der Waals surface area contributed by atoms with Gasteiger partial charge in [-0.1, -0.05) is 11.6 Å². The Morgan fingerprint density at radius 1 is 1.25 bits per heavy atom. The predicted octanol–water partition coefficient (Wildman–Crippen LogP) is 2.52. The molecular formula is C19H15ClN6O2. The normalized spacial score (nSPS) is 15.1. The Morgan fingerprint density at radius 3 is 2.79 bits per heavy atom. The third-order valence-corrected chi connectivity index (χ3v) is 5.52. The third kappa shape index (κ3) is 2.41. The molecular weight excluding hydrogens is 380 g/mol. The van der Waals surface area contributed by atoms with Crippen LogP contribution in [0, 0.1) is 0 Å². The van der Waals surface area contributed by atoms with E-state index in [1.54, 1.807) is 30.2 Å². The topological polar surface area (TPSA) is 108 Å². The first-order chi connectivity index (χ1) is 13.5. The van der Waals surface area contributed by atoms with Crippen molar-refractivity contribution in [2.75, 3.05) is 7.11 Å². The highest BCUT2D eigenvalue weighted by atomic mass is 35.5. The van der Waals surface area contributed by atoms with Crippen molar-refractivity contribution in [2.45, 2.75) is 18.3 Å². The second-order valence-corrected chi connectivity index (χ2v) is 7.19. The lowest BCUT2D eigenvalue weighted by atomic mass is 9.98. The number of pyridine rings is 3. The number of ether oxygens (including phenoxy) is 1. The Hall–Kier alpha value is -3.26. The van der Waals surface area contributed by atoms with Crippen molar-refractivity contribution in [3.05, 3.63) is 47.6 Å². The summed E-state index contributed by atoms with van der Waals surface area (Å²) in [5.74, 6) is 0.800. The summed E-state index contributed by atoms with van der Waals surface area (Å²) >= 11 is 6.27. The first-order valence-corrected chi connectivity index (χ1v) is 9.05. The number of halogens is 1. The SMILES string of the molecule is COc1ccc2nc(-c3cnc(Cl)c4cnc(C5(C(N)=O)CC5)cc34)nn2c1. The molecule has 1 saturated carbocycles. The molecule has 8 nitrogen and oxygen atoms in total. The fourth-order valence-electron chi connectivity index (χ4n) is 3.40. The minimum absolute atomic E-state index is 0.326. The minimum Gasteiger partial charge on any atom is -0.495 e. The summed E-state index contributed by atoms with van der Waals surface area (Å²) in [6, 6.07) is 5.49. The number of methoxy groups -OCH3 is 1. The molecule has 4 aromatic rings. The molecule has 0 unspecified atom stereocenters. The van der Waals surface area contributed by atoms with E-state index in [1.807, 2.05) is 18.2 Å². The molecule has 140 valence electrons. The maximum Gasteiger partial charge on any atom is 0.229 e. The van der Waals surface area contributed by atoms with Gasteiger partial charge in [0.05, 0.1) is 24.4 Å². The number of carbonyl (C=O) groups is 1. The van der Waals surface area contributed by atoms with E-state index in [9.17, 15) is 4.79 Å². The van der Waals surface area contributed by atoms with E-state index in [1.165, 1.54) is 0 Å². The van der Waals surface area contributed by atoms with Gasteiger partial charge in [-0.15, -0.1) is 5.10 Å². The number of nitrogens with two attached hydrogens (primary N) is 1. The standard InChI is InChI=1S/C19H15ClN6O2/c1-28-10-2-3-15-24-17(25-26(15)9-10)13-8-23-16(20)12-7-22-14(6-11(12)13)19(4-5-19)18(21)27/h2-3,6-9H,4-5H2,1H3,(H2,21,27). The number of nitrogens with zero attached hydrogens (tertiary/aromatic N) is 5. The van der Waals surface area contributed by atoms with Gasteiger partial charge in [-0.3, -0.25) is 9.78 Å². The molecule has 0 spiro atoms. The molecule has 0 atom stereocenters. The second-order valence-electron chi connectivity index (χ2n) is 6.83. The third-order valence-electron chi connectivity index (χ3n) is 5.22. The summed E-state index contributed by atoms with van der Waals surface area (Å²) in [5.41, 5.74) is 6.93. The molecule has 28 heavy (non-hydrogen) atoms. The van der Waals surface area contributed by atoms with E-state index >= 15 is 0 Å². The molecule has 4 heterocycles. The first-order valence-electron chi connectivity index (χ1n) is 8.67. The molecule has 1 aliphatic carbocycles. The summed E-state index contributed by atoms with van der Waals surface area (Å²) in [4.78, 5) is 25.2. The molecule has 9 heteroatoms. The van der Waals surface area contributed by atoms with E-state index in [4.69, 9.17) is 22.1 Å². The highest BCUT2D eigenvalue weighted by Crippen LogP contribution is 2.48. The van der Waals surface area contributed by atoms with Gasteiger partial charge < -0.3 is 10.5 Å². The van der Waals surface area contributed by atoms with Crippen LogP contribution in [0.15, 0.2) is 36.8 Å². The summed E-state index contributed by atoms with van der Waals surface area (Å²) in [6.45, 7) is 0. The quantitative estimate of drug-likeness (QED) is 0.533. The van der Waals surface area contributed by atoms with Gasteiger partial charge in [0.2, 0.25) is 5.91 Å². The number of primary amides is 1. The van der Waals surface area contributed by atoms with Crippen molar-refractivity contribution in [1.82, 2.24) is 24.6 Å². The second kappa shape index (κ2) is 5.87. The van der Waals surface area contributed by atoms with Crippen molar-refractivity contribution < 1.29 is 9.53 Å². The smallest absolute Gasteiger partial charge is 0.229 e. The highest BCUT2D eigenvalue weighted by molar-refractivity contribution is 6.34. The number of fused-ring (bicyclic) bond motifs is 2. The van der Waals surface area contributed by atoms with Crippen LogP contribution in [-0.4, -0.2) is 37.6 Å². The molecule has 1 aliphatic rings. The lowest BCUT2D eigenvalue weighted by Crippen LogP contribution is -2.29. The maximum atomic E-state index is 11.9. The van der Waals surface area contributed by atoms with E-state index in [0.717, 1.165) is 5.39 Å². The number of rotatable bonds is 4. The summed E-state index contributed by atoms with van der Waals surface area (Å²) in [7, 11) is 1.59. The zero-order valence-electron chi connectivity index (χ0n) is 14.9. The molecule has 0 radical (unpaired) electrons. The molecule has 4 aromatic heterocycles. The zero-order valence-corrected chi connectivity index (χ0v) is 15.6. The van der Waals surface area contributed by atoms with Crippen LogP contribution in [0.5, 0.6) is 5.75 Å². The summed E-state index contributed by atoms with van der Waals surface area (Å²) in [6.07, 6.45) is 6.40. The Morgan fingerprint density at radius 2 is 2.07 bits per heavy atom. The van der Waals surface area contributed by atoms with Crippen molar-refractivity contribution in [3.8, 4) is 17.1 Å². The van der Waals surface area contributed by atoms with Crippen LogP contribution in [0.3, 0.4) is 0 Å². The number of hydrogen-bond acceptors (Lipinski definition) is 6. The van der Waals surface area contributed by atoms with Gasteiger partial charge in [0.25, 0.3) is 0 Å². The van der Waals surface area contributed by atoms with E-state index in [-0.39, 0.29) is 5.91 Å². The van der Waals surface area contributed by atoms with Gasteiger partial charge in [-0.05, 0) is 31.0 Å². The van der Waals surface area contributed by atoms with Crippen LogP contribution >= 0.6 is 11.6 Å². The summed E-state index contributed by atoms with van der Waals surface area (Å²) < 4.78 is 6.88. The average molecular weight is 395 g/mol. The van der Waals surface area contributed by atoms with Crippen LogP contribution < -0.4 is 10.5 Å². The number of carbonyl (C=O) groups excluding carboxylic acids is 1. The molecule has 0 bridgehead atoms.